The third kappa shape index (κ3) is 7.99. The van der Waals surface area contributed by atoms with Crippen LogP contribution in [0, 0.1) is 0 Å². The summed E-state index contributed by atoms with van der Waals surface area (Å²) in [5.41, 5.74) is 11.9. The molecule has 0 spiro atoms. The Balaban J connectivity index is 1.58. The molecule has 5 heteroatoms. The van der Waals surface area contributed by atoms with Crippen LogP contribution in [0.4, 0.5) is 0 Å². The summed E-state index contributed by atoms with van der Waals surface area (Å²) < 4.78 is 8.66. The predicted molar refractivity (Wildman–Crippen MR) is 266 cm³/mol. The molecule has 4 aromatic carbocycles. The van der Waals surface area contributed by atoms with Crippen LogP contribution in [0.15, 0.2) is 84.9 Å². The summed E-state index contributed by atoms with van der Waals surface area (Å²) in [6.45, 7) is 35.0. The fraction of sp³-hybridized carbons (Fsp3) is 0.431. The van der Waals surface area contributed by atoms with Gasteiger partial charge in [-0.3, -0.25) is 0 Å². The van der Waals surface area contributed by atoms with Crippen molar-refractivity contribution < 1.29 is 18.0 Å². The van der Waals surface area contributed by atoms with Gasteiger partial charge in [-0.2, -0.15) is 0 Å². The van der Waals surface area contributed by atoms with E-state index in [0.717, 1.165) is 0 Å². The molecule has 0 heterocycles. The van der Waals surface area contributed by atoms with E-state index in [1.54, 1.807) is 31.9 Å². The zero-order valence-corrected chi connectivity index (χ0v) is 45.8. The second-order valence-corrected chi connectivity index (χ2v) is 68.7. The zero-order chi connectivity index (χ0) is 41.2. The van der Waals surface area contributed by atoms with Gasteiger partial charge in [-0.05, 0) is 0 Å². The summed E-state index contributed by atoms with van der Waals surface area (Å²) in [6, 6.07) is 30.2. The SMILES string of the molecule is CCC[C](CCC)=[Hf]([CH3])([CH3])([CH]1C=Cc2c(-c3cc([Si](C)(C)C)cc([Si](C)(C)C)c3)cccc21)[CH]1C=Cc2c(-c3cc([Si](C)(C)C)cc([Si](C)(C)C)c3)cccc21. The van der Waals surface area contributed by atoms with Crippen molar-refractivity contribution in [3.05, 3.63) is 107 Å². The minimum absolute atomic E-state index is 0.477. The molecule has 2 unspecified atom stereocenters. The second kappa shape index (κ2) is 15.2. The molecule has 0 nitrogen and oxygen atoms in total. The molecule has 298 valence electrons. The van der Waals surface area contributed by atoms with E-state index in [0.29, 0.717) is 7.35 Å². The molecule has 2 aliphatic rings. The van der Waals surface area contributed by atoms with Crippen molar-refractivity contribution in [3.8, 4) is 22.3 Å². The molecule has 2 atom stereocenters. The van der Waals surface area contributed by atoms with Crippen LogP contribution in [0.3, 0.4) is 0 Å². The summed E-state index contributed by atoms with van der Waals surface area (Å²) in [4.78, 5) is 0. The Labute approximate surface area is 348 Å². The Morgan fingerprint density at radius 3 is 1.09 bits per heavy atom. The van der Waals surface area contributed by atoms with Crippen molar-refractivity contribution in [2.24, 2.45) is 0 Å². The molecule has 0 saturated carbocycles. The van der Waals surface area contributed by atoms with Crippen LogP contribution in [0.25, 0.3) is 34.4 Å². The summed E-state index contributed by atoms with van der Waals surface area (Å²) in [5, 5.41) is 6.38. The van der Waals surface area contributed by atoms with E-state index in [1.165, 1.54) is 59.1 Å². The molecule has 4 aromatic rings. The van der Waals surface area contributed by atoms with Crippen molar-refractivity contribution in [3.63, 3.8) is 0 Å². The molecule has 0 amide bonds. The topological polar surface area (TPSA) is 0 Å². The molecule has 2 aliphatic carbocycles. The number of rotatable bonds is 12. The van der Waals surface area contributed by atoms with E-state index in [9.17, 15) is 0 Å². The number of benzene rings is 4. The maximum atomic E-state index is 2.88. The molecular weight excluding hydrogens is 903 g/mol. The molecule has 56 heavy (non-hydrogen) atoms. The van der Waals surface area contributed by atoms with Crippen LogP contribution in [0.1, 0.15) is 69.1 Å². The van der Waals surface area contributed by atoms with Gasteiger partial charge in [-0.1, -0.05) is 0 Å². The molecule has 0 saturated heterocycles. The molecule has 0 bridgehead atoms. The summed E-state index contributed by atoms with van der Waals surface area (Å²) in [6.07, 6.45) is 15.5. The van der Waals surface area contributed by atoms with E-state index in [2.05, 4.69) is 199 Å². The number of allylic oxidation sites excluding steroid dienone is 2. The Bertz CT molecular complexity index is 2070. The number of fused-ring (bicyclic) bond motifs is 2. The van der Waals surface area contributed by atoms with E-state index >= 15 is 0 Å². The first-order valence-corrected chi connectivity index (χ1v) is 49.0. The van der Waals surface area contributed by atoms with E-state index in [1.807, 2.05) is 3.26 Å². The van der Waals surface area contributed by atoms with Gasteiger partial charge >= 0.3 is 351 Å². The minimum atomic E-state index is -4.19. The molecule has 0 fully saturated rings. The third-order valence-electron chi connectivity index (χ3n) is 13.9. The van der Waals surface area contributed by atoms with Crippen LogP contribution >= 0.6 is 0 Å². The average molecular weight is 978 g/mol. The number of hydrogen-bond donors (Lipinski definition) is 0. The first-order valence-electron chi connectivity index (χ1n) is 21.9. The first-order chi connectivity index (χ1) is 25.9. The fourth-order valence-corrected chi connectivity index (χ4v) is 40.8. The van der Waals surface area contributed by atoms with Crippen molar-refractivity contribution >= 4 is 68.4 Å². The molecule has 6 rings (SSSR count). The second-order valence-electron chi connectivity index (χ2n) is 22.6. The van der Waals surface area contributed by atoms with Gasteiger partial charge in [0.05, 0.1) is 0 Å². The fourth-order valence-electron chi connectivity index (χ4n) is 10.2. The van der Waals surface area contributed by atoms with Gasteiger partial charge in [-0.25, -0.2) is 0 Å². The summed E-state index contributed by atoms with van der Waals surface area (Å²) in [7, 11) is -6.08. The van der Waals surface area contributed by atoms with Crippen LogP contribution in [0.2, 0.25) is 87.9 Å². The number of hydrogen-bond acceptors (Lipinski definition) is 0. The zero-order valence-electron chi connectivity index (χ0n) is 38.2. The average Bonchev–Trinajstić information content (AvgIpc) is 3.76. The quantitative estimate of drug-likeness (QED) is 0.124. The Morgan fingerprint density at radius 2 is 0.804 bits per heavy atom. The third-order valence-corrected chi connectivity index (χ3v) is 49.2. The van der Waals surface area contributed by atoms with Crippen LogP contribution in [0.5, 0.6) is 0 Å². The van der Waals surface area contributed by atoms with Crippen LogP contribution in [-0.2, 0) is 18.0 Å². The normalized spacial score (nSPS) is 17.4. The van der Waals surface area contributed by atoms with E-state index in [4.69, 9.17) is 0 Å². The van der Waals surface area contributed by atoms with E-state index in [-0.39, 0.29) is 0 Å². The monoisotopic (exact) mass is 978 g/mol. The van der Waals surface area contributed by atoms with Gasteiger partial charge in [0, 0.05) is 0 Å². The maximum absolute atomic E-state index is 4.19. The Kier molecular flexibility index (Phi) is 11.8. The van der Waals surface area contributed by atoms with Crippen LogP contribution in [-0.4, -0.2) is 35.6 Å². The van der Waals surface area contributed by atoms with Gasteiger partial charge in [0.1, 0.15) is 0 Å². The molecule has 0 aromatic heterocycles. The van der Waals surface area contributed by atoms with Crippen LogP contribution < -0.4 is 20.7 Å². The van der Waals surface area contributed by atoms with Crippen molar-refractivity contribution in [1.82, 2.24) is 0 Å². The van der Waals surface area contributed by atoms with Gasteiger partial charge in [0.15, 0.2) is 0 Å². The standard InChI is InChI=1S/2C21H27Si2.C7H14.2CH3.Hf/c2*1-22(2,3)18-13-17(14-19(15-18)23(4,5)6)21-12-8-10-16-9-7-11-20(16)21;1-3-5-7-6-4-2;;;/h2*7-15H,1-6H3;3-6H2,1-2H3;2*1H3;. The van der Waals surface area contributed by atoms with Crippen molar-refractivity contribution in [2.75, 3.05) is 0 Å². The van der Waals surface area contributed by atoms with E-state index < -0.39 is 50.3 Å². The van der Waals surface area contributed by atoms with Crippen molar-refractivity contribution in [1.29, 1.82) is 0 Å². The Morgan fingerprint density at radius 1 is 0.482 bits per heavy atom. The van der Waals surface area contributed by atoms with Gasteiger partial charge < -0.3 is 0 Å². The van der Waals surface area contributed by atoms with Crippen molar-refractivity contribution in [2.45, 2.75) is 135 Å². The first kappa shape index (κ1) is 43.5. The van der Waals surface area contributed by atoms with Gasteiger partial charge in [0.2, 0.25) is 0 Å². The molecule has 0 radical (unpaired) electrons. The van der Waals surface area contributed by atoms with Gasteiger partial charge in [-0.15, -0.1) is 0 Å². The summed E-state index contributed by atoms with van der Waals surface area (Å²) in [5.74, 6) is 0. The Hall–Kier alpha value is -2.03. The molecule has 0 aliphatic heterocycles. The summed E-state index contributed by atoms with van der Waals surface area (Å²) >= 11 is -4.19. The molecular formula is C51H74HfSi4. The molecule has 0 N–H and O–H groups in total. The van der Waals surface area contributed by atoms with Gasteiger partial charge in [0.25, 0.3) is 0 Å². The predicted octanol–water partition coefficient (Wildman–Crippen LogP) is 13.6.